The van der Waals surface area contributed by atoms with Gasteiger partial charge in [-0.3, -0.25) is 0 Å². The van der Waals surface area contributed by atoms with Gasteiger partial charge >= 0.3 is 0 Å². The summed E-state index contributed by atoms with van der Waals surface area (Å²) in [6, 6.07) is 126. The van der Waals surface area contributed by atoms with Crippen molar-refractivity contribution in [2.24, 2.45) is 0 Å². The van der Waals surface area contributed by atoms with E-state index in [0.717, 1.165) is 5.69 Å². The Kier molecular flexibility index (Phi) is 12.3. The molecule has 0 unspecified atom stereocenters. The minimum Gasteiger partial charge on any atom is -0.309 e. The van der Waals surface area contributed by atoms with Gasteiger partial charge < -0.3 is 9.13 Å². The number of para-hydroxylation sites is 3. The second kappa shape index (κ2) is 21.1. The lowest BCUT2D eigenvalue weighted by molar-refractivity contribution is 0.745. The van der Waals surface area contributed by atoms with Gasteiger partial charge in [0.1, 0.15) is 0 Å². The van der Waals surface area contributed by atoms with Crippen molar-refractivity contribution >= 4 is 75.1 Å². The molecule has 0 spiro atoms. The van der Waals surface area contributed by atoms with Gasteiger partial charge in [0, 0.05) is 53.1 Å². The van der Waals surface area contributed by atoms with Crippen molar-refractivity contribution in [3.63, 3.8) is 0 Å². The van der Waals surface area contributed by atoms with E-state index in [9.17, 15) is 0 Å². The predicted octanol–water partition coefficient (Wildman–Crippen LogP) is 23.0. The van der Waals surface area contributed by atoms with Crippen LogP contribution in [0.1, 0.15) is 22.3 Å². The highest BCUT2D eigenvalue weighted by molar-refractivity contribution is 7.25. The first-order valence-corrected chi connectivity index (χ1v) is 31.1. The summed E-state index contributed by atoms with van der Waals surface area (Å²) in [4.78, 5) is 0. The highest BCUT2D eigenvalue weighted by Gasteiger charge is 2.38. The van der Waals surface area contributed by atoms with E-state index in [1.165, 1.54) is 147 Å². The van der Waals surface area contributed by atoms with Gasteiger partial charge in [0.05, 0.1) is 27.5 Å². The highest BCUT2D eigenvalue weighted by Crippen LogP contribution is 2.47. The molecule has 17 aromatic rings. The van der Waals surface area contributed by atoms with E-state index in [1.807, 2.05) is 11.3 Å². The Bertz CT molecular complexity index is 5350. The fourth-order valence-electron chi connectivity index (χ4n) is 14.2. The molecular weight excluding hydrogens is 1080 g/mol. The van der Waals surface area contributed by atoms with Crippen LogP contribution in [0.3, 0.4) is 0 Å². The smallest absolute Gasteiger partial charge is 0.0701 e. The molecule has 2 nitrogen and oxygen atoms in total. The molecule has 14 aromatic carbocycles. The second-order valence-electron chi connectivity index (χ2n) is 23.2. The molecule has 412 valence electrons. The van der Waals surface area contributed by atoms with Gasteiger partial charge in [-0.1, -0.05) is 237 Å². The molecule has 0 N–H and O–H groups in total. The molecule has 0 fully saturated rings. The first-order chi connectivity index (χ1) is 43.6. The molecule has 17 rings (SSSR count). The summed E-state index contributed by atoms with van der Waals surface area (Å²) in [5.41, 5.74) is 23.3. The van der Waals surface area contributed by atoms with Crippen LogP contribution >= 0.6 is 11.3 Å². The summed E-state index contributed by atoms with van der Waals surface area (Å²) in [6.45, 7) is 0. The maximum absolute atomic E-state index is 2.42. The van der Waals surface area contributed by atoms with Gasteiger partial charge in [-0.15, -0.1) is 11.3 Å². The number of fused-ring (bicyclic) bond motifs is 9. The lowest BCUT2D eigenvalue weighted by atomic mass is 9.65. The highest BCUT2D eigenvalue weighted by atomic mass is 32.1. The normalized spacial score (nSPS) is 11.9. The average Bonchev–Trinajstić information content (AvgIpc) is 2.44. The molecule has 0 bridgehead atoms. The molecule has 0 saturated heterocycles. The third-order valence-electron chi connectivity index (χ3n) is 18.2. The summed E-state index contributed by atoms with van der Waals surface area (Å²) in [5.74, 6) is 0. The summed E-state index contributed by atoms with van der Waals surface area (Å²) in [6.07, 6.45) is 0. The third kappa shape index (κ3) is 8.54. The van der Waals surface area contributed by atoms with Crippen LogP contribution in [-0.4, -0.2) is 9.13 Å². The van der Waals surface area contributed by atoms with Crippen molar-refractivity contribution in [2.45, 2.75) is 5.41 Å². The van der Waals surface area contributed by atoms with Crippen LogP contribution in [0.2, 0.25) is 0 Å². The van der Waals surface area contributed by atoms with Crippen molar-refractivity contribution in [3.05, 3.63) is 362 Å². The Morgan fingerprint density at radius 2 is 0.523 bits per heavy atom. The van der Waals surface area contributed by atoms with Gasteiger partial charge in [0.2, 0.25) is 0 Å². The molecule has 0 amide bonds. The zero-order valence-electron chi connectivity index (χ0n) is 48.1. The standard InChI is InChI=1S/C85H56N2S/c1-5-28-67(29-6-1)85(68-30-7-2-8-31-68,69-32-9-3-10-33-69)70-34-20-27-63(52-70)61-25-18-23-59(50-61)57-21-17-22-58(49-57)60-24-19-26-62(51-60)64-41-45-81-75(53-64)76-54-65(42-46-82(76)86(81)71-35-11-4-12-36-71)66-43-47-83-77(55-66)78-56-72(44-48-84(78)88-83)87-79-39-15-13-37-73(79)74-38-14-16-40-80(74)87/h1-56H. The minimum atomic E-state index is -0.531. The molecule has 3 heteroatoms. The van der Waals surface area contributed by atoms with Gasteiger partial charge in [-0.25, -0.2) is 0 Å². The molecular formula is C85H56N2S. The van der Waals surface area contributed by atoms with E-state index in [-0.39, 0.29) is 0 Å². The van der Waals surface area contributed by atoms with Crippen molar-refractivity contribution in [1.82, 2.24) is 9.13 Å². The number of rotatable bonds is 11. The predicted molar refractivity (Wildman–Crippen MR) is 373 cm³/mol. The molecule has 0 aliphatic carbocycles. The number of aromatic nitrogens is 2. The second-order valence-corrected chi connectivity index (χ2v) is 24.3. The molecule has 0 aliphatic heterocycles. The van der Waals surface area contributed by atoms with Crippen LogP contribution in [0.4, 0.5) is 0 Å². The Balaban J connectivity index is 0.721. The topological polar surface area (TPSA) is 9.86 Å². The van der Waals surface area contributed by atoms with E-state index in [2.05, 4.69) is 349 Å². The first kappa shape index (κ1) is 51.3. The van der Waals surface area contributed by atoms with E-state index in [0.29, 0.717) is 0 Å². The number of nitrogens with zero attached hydrogens (tertiary/aromatic N) is 2. The van der Waals surface area contributed by atoms with Crippen molar-refractivity contribution < 1.29 is 0 Å². The van der Waals surface area contributed by atoms with Crippen molar-refractivity contribution in [2.75, 3.05) is 0 Å². The molecule has 0 saturated carbocycles. The van der Waals surface area contributed by atoms with E-state index in [4.69, 9.17) is 0 Å². The quantitative estimate of drug-likeness (QED) is 0.114. The maximum Gasteiger partial charge on any atom is 0.0701 e. The van der Waals surface area contributed by atoms with E-state index >= 15 is 0 Å². The molecule has 0 radical (unpaired) electrons. The van der Waals surface area contributed by atoms with Crippen LogP contribution in [-0.2, 0) is 5.41 Å². The number of benzene rings is 14. The van der Waals surface area contributed by atoms with E-state index < -0.39 is 5.41 Å². The van der Waals surface area contributed by atoms with Crippen LogP contribution in [0, 0.1) is 0 Å². The molecule has 0 atom stereocenters. The van der Waals surface area contributed by atoms with Crippen LogP contribution in [0.5, 0.6) is 0 Å². The summed E-state index contributed by atoms with van der Waals surface area (Å²) < 4.78 is 7.43. The maximum atomic E-state index is 2.42. The van der Waals surface area contributed by atoms with Crippen LogP contribution in [0.15, 0.2) is 340 Å². The van der Waals surface area contributed by atoms with E-state index in [1.54, 1.807) is 0 Å². The number of hydrogen-bond acceptors (Lipinski definition) is 1. The average molecular weight is 1140 g/mol. The monoisotopic (exact) mass is 1140 g/mol. The minimum absolute atomic E-state index is 0.531. The first-order valence-electron chi connectivity index (χ1n) is 30.3. The van der Waals surface area contributed by atoms with Gasteiger partial charge in [0.25, 0.3) is 0 Å². The molecule has 88 heavy (non-hydrogen) atoms. The van der Waals surface area contributed by atoms with Crippen molar-refractivity contribution in [3.8, 4) is 67.0 Å². The fourth-order valence-corrected chi connectivity index (χ4v) is 15.2. The zero-order valence-corrected chi connectivity index (χ0v) is 49.0. The summed E-state index contributed by atoms with van der Waals surface area (Å²) in [7, 11) is 0. The number of thiophene rings is 1. The van der Waals surface area contributed by atoms with Crippen molar-refractivity contribution in [1.29, 1.82) is 0 Å². The Morgan fingerprint density at radius 1 is 0.193 bits per heavy atom. The van der Waals surface area contributed by atoms with Gasteiger partial charge in [-0.05, 0) is 181 Å². The molecule has 0 aliphatic rings. The van der Waals surface area contributed by atoms with Crippen LogP contribution in [0.25, 0.3) is 131 Å². The van der Waals surface area contributed by atoms with Gasteiger partial charge in [0.15, 0.2) is 0 Å². The molecule has 3 heterocycles. The van der Waals surface area contributed by atoms with Crippen LogP contribution < -0.4 is 0 Å². The summed E-state index contributed by atoms with van der Waals surface area (Å²) in [5, 5.41) is 7.55. The Morgan fingerprint density at radius 3 is 1.00 bits per heavy atom. The fraction of sp³-hybridized carbons (Fsp3) is 0.0118. The third-order valence-corrected chi connectivity index (χ3v) is 19.4. The Labute approximate surface area is 515 Å². The lowest BCUT2D eigenvalue weighted by Crippen LogP contribution is -2.31. The largest absolute Gasteiger partial charge is 0.309 e. The zero-order chi connectivity index (χ0) is 58.1. The lowest BCUT2D eigenvalue weighted by Gasteiger charge is -2.37. The Hall–Kier alpha value is -11.1. The summed E-state index contributed by atoms with van der Waals surface area (Å²) >= 11 is 1.87. The number of hydrogen-bond donors (Lipinski definition) is 0. The molecule has 3 aromatic heterocycles. The SMILES string of the molecule is c1ccc(-n2c3ccc(-c4cccc(-c5cccc(-c6cccc(-c7cccc(C(c8ccccc8)(c8ccccc8)c8ccccc8)c7)c6)c5)c4)cc3c3cc(-c4ccc5sc6ccc(-n7c8ccccc8c8ccccc87)cc6c5c4)ccc32)cc1. The van der Waals surface area contributed by atoms with Gasteiger partial charge in [-0.2, -0.15) is 0 Å².